The molecule has 0 aliphatic carbocycles. The summed E-state index contributed by atoms with van der Waals surface area (Å²) in [6.07, 6.45) is -4.28. The molecule has 0 saturated heterocycles. The minimum Gasteiger partial charge on any atom is -0.399 e. The molecule has 0 radical (unpaired) electrons. The number of rotatable bonds is 2. The molecular formula is C10H9F3N2. The summed E-state index contributed by atoms with van der Waals surface area (Å²) in [6.45, 7) is 0. The van der Waals surface area contributed by atoms with Crippen LogP contribution in [0.1, 0.15) is 17.5 Å². The van der Waals surface area contributed by atoms with Gasteiger partial charge in [0.1, 0.15) is 0 Å². The van der Waals surface area contributed by atoms with E-state index in [4.69, 9.17) is 11.0 Å². The molecule has 2 N–H and O–H groups in total. The number of halogens is 3. The van der Waals surface area contributed by atoms with Gasteiger partial charge >= 0.3 is 6.18 Å². The number of benzene rings is 1. The van der Waals surface area contributed by atoms with Gasteiger partial charge in [-0.1, -0.05) is 0 Å². The van der Waals surface area contributed by atoms with E-state index in [1.54, 1.807) is 6.07 Å². The molecule has 5 heteroatoms. The molecule has 0 saturated carbocycles. The third-order valence-corrected chi connectivity index (χ3v) is 1.94. The average Bonchev–Trinajstić information content (AvgIpc) is 2.12. The maximum absolute atomic E-state index is 12.5. The van der Waals surface area contributed by atoms with E-state index in [2.05, 4.69) is 0 Å². The molecule has 2 nitrogen and oxygen atoms in total. The molecule has 0 amide bonds. The highest BCUT2D eigenvalue weighted by Crippen LogP contribution is 2.33. The van der Waals surface area contributed by atoms with Gasteiger partial charge in [0.05, 0.1) is 11.6 Å². The Bertz CT molecular complexity index is 391. The van der Waals surface area contributed by atoms with Crippen molar-refractivity contribution in [3.63, 3.8) is 0 Å². The molecule has 1 aromatic rings. The van der Waals surface area contributed by atoms with Crippen molar-refractivity contribution in [3.8, 4) is 6.07 Å². The van der Waals surface area contributed by atoms with Crippen molar-refractivity contribution in [2.75, 3.05) is 5.73 Å². The first kappa shape index (κ1) is 11.4. The number of nitrogens with zero attached hydrogens (tertiary/aromatic N) is 1. The van der Waals surface area contributed by atoms with Gasteiger partial charge in [-0.3, -0.25) is 0 Å². The lowest BCUT2D eigenvalue weighted by Gasteiger charge is -2.12. The van der Waals surface area contributed by atoms with Crippen LogP contribution in [0.5, 0.6) is 0 Å². The van der Waals surface area contributed by atoms with Gasteiger partial charge in [-0.2, -0.15) is 18.4 Å². The topological polar surface area (TPSA) is 49.8 Å². The van der Waals surface area contributed by atoms with Gasteiger partial charge in [0, 0.05) is 12.1 Å². The highest BCUT2D eigenvalue weighted by Gasteiger charge is 2.32. The number of nitriles is 1. The molecule has 0 fully saturated rings. The zero-order valence-electron chi connectivity index (χ0n) is 7.80. The quantitative estimate of drug-likeness (QED) is 0.769. The van der Waals surface area contributed by atoms with Crippen LogP contribution in [0.15, 0.2) is 18.2 Å². The van der Waals surface area contributed by atoms with Crippen LogP contribution < -0.4 is 5.73 Å². The van der Waals surface area contributed by atoms with Crippen LogP contribution in [-0.4, -0.2) is 0 Å². The van der Waals surface area contributed by atoms with Crippen LogP contribution in [0.3, 0.4) is 0 Å². The number of alkyl halides is 3. The predicted octanol–water partition coefficient (Wildman–Crippen LogP) is 2.74. The number of nitrogens with two attached hydrogens (primary N) is 1. The molecule has 0 aliphatic rings. The third kappa shape index (κ3) is 2.88. The van der Waals surface area contributed by atoms with E-state index < -0.39 is 11.7 Å². The highest BCUT2D eigenvalue weighted by atomic mass is 19.4. The van der Waals surface area contributed by atoms with Crippen LogP contribution in [0, 0.1) is 11.3 Å². The Hall–Kier alpha value is -1.70. The molecule has 0 heterocycles. The minimum absolute atomic E-state index is 0.0481. The summed E-state index contributed by atoms with van der Waals surface area (Å²) in [5.41, 5.74) is 5.02. The lowest BCUT2D eigenvalue weighted by molar-refractivity contribution is -0.138. The average molecular weight is 214 g/mol. The summed E-state index contributed by atoms with van der Waals surface area (Å²) in [4.78, 5) is 0. The van der Waals surface area contributed by atoms with E-state index in [1.165, 1.54) is 12.1 Å². The maximum atomic E-state index is 12.5. The molecule has 0 aromatic heterocycles. The zero-order chi connectivity index (χ0) is 11.5. The maximum Gasteiger partial charge on any atom is 0.416 e. The second kappa shape index (κ2) is 4.22. The summed E-state index contributed by atoms with van der Waals surface area (Å²) < 4.78 is 37.5. The molecule has 80 valence electrons. The van der Waals surface area contributed by atoms with Crippen molar-refractivity contribution in [1.29, 1.82) is 5.26 Å². The van der Waals surface area contributed by atoms with E-state index in [9.17, 15) is 13.2 Å². The first-order valence-corrected chi connectivity index (χ1v) is 4.27. The van der Waals surface area contributed by atoms with Crippen molar-refractivity contribution in [2.45, 2.75) is 19.0 Å². The summed E-state index contributed by atoms with van der Waals surface area (Å²) in [5, 5.41) is 8.33. The fourth-order valence-electron chi connectivity index (χ4n) is 1.29. The monoisotopic (exact) mass is 214 g/mol. The first-order chi connectivity index (χ1) is 6.95. The van der Waals surface area contributed by atoms with E-state index in [-0.39, 0.29) is 24.1 Å². The Labute approximate surface area is 85.1 Å². The van der Waals surface area contributed by atoms with Crippen molar-refractivity contribution >= 4 is 5.69 Å². The smallest absolute Gasteiger partial charge is 0.399 e. The van der Waals surface area contributed by atoms with Gasteiger partial charge in [0.15, 0.2) is 0 Å². The summed E-state index contributed by atoms with van der Waals surface area (Å²) in [6, 6.07) is 5.22. The molecule has 0 aliphatic heterocycles. The Kier molecular flexibility index (Phi) is 3.20. The summed E-state index contributed by atoms with van der Waals surface area (Å²) in [7, 11) is 0. The van der Waals surface area contributed by atoms with Gasteiger partial charge in [0.25, 0.3) is 0 Å². The van der Waals surface area contributed by atoms with Gasteiger partial charge in [0.2, 0.25) is 0 Å². The number of nitrogen functional groups attached to an aromatic ring is 1. The number of hydrogen-bond donors (Lipinski definition) is 1. The second-order valence-electron chi connectivity index (χ2n) is 3.07. The van der Waals surface area contributed by atoms with Gasteiger partial charge in [-0.25, -0.2) is 0 Å². The van der Waals surface area contributed by atoms with Crippen molar-refractivity contribution in [1.82, 2.24) is 0 Å². The first-order valence-electron chi connectivity index (χ1n) is 4.27. The summed E-state index contributed by atoms with van der Waals surface area (Å²) >= 11 is 0. The van der Waals surface area contributed by atoms with Crippen LogP contribution in [0.2, 0.25) is 0 Å². The number of anilines is 1. The Morgan fingerprint density at radius 2 is 2.00 bits per heavy atom. The Balaban J connectivity index is 3.10. The van der Waals surface area contributed by atoms with Gasteiger partial charge in [-0.15, -0.1) is 0 Å². The van der Waals surface area contributed by atoms with Crippen LogP contribution in [-0.2, 0) is 12.6 Å². The molecule has 1 aromatic carbocycles. The Morgan fingerprint density at radius 1 is 1.33 bits per heavy atom. The van der Waals surface area contributed by atoms with Gasteiger partial charge in [-0.05, 0) is 30.2 Å². The number of aryl methyl sites for hydroxylation is 1. The fraction of sp³-hybridized carbons (Fsp3) is 0.300. The molecule has 0 atom stereocenters. The normalized spacial score (nSPS) is 11.1. The van der Waals surface area contributed by atoms with Gasteiger partial charge < -0.3 is 5.73 Å². The van der Waals surface area contributed by atoms with Crippen LogP contribution >= 0.6 is 0 Å². The largest absolute Gasteiger partial charge is 0.416 e. The molecule has 0 bridgehead atoms. The second-order valence-corrected chi connectivity index (χ2v) is 3.07. The highest BCUT2D eigenvalue weighted by molar-refractivity contribution is 5.45. The number of hydrogen-bond acceptors (Lipinski definition) is 2. The minimum atomic E-state index is -4.39. The molecule has 15 heavy (non-hydrogen) atoms. The van der Waals surface area contributed by atoms with Crippen LogP contribution in [0.4, 0.5) is 18.9 Å². The Morgan fingerprint density at radius 3 is 2.53 bits per heavy atom. The molecule has 0 unspecified atom stereocenters. The third-order valence-electron chi connectivity index (χ3n) is 1.94. The molecular weight excluding hydrogens is 205 g/mol. The van der Waals surface area contributed by atoms with E-state index in [1.807, 2.05) is 0 Å². The standard InChI is InChI=1S/C10H9F3N2/c11-10(12,13)9-4-3-8(15)6-7(9)2-1-5-14/h3-4,6H,1-2,15H2. The summed E-state index contributed by atoms with van der Waals surface area (Å²) in [5.74, 6) is 0. The zero-order valence-corrected chi connectivity index (χ0v) is 7.80. The molecule has 1 rings (SSSR count). The lowest BCUT2D eigenvalue weighted by Crippen LogP contribution is -2.09. The lowest BCUT2D eigenvalue weighted by atomic mass is 10.0. The molecule has 0 spiro atoms. The van der Waals surface area contributed by atoms with Crippen molar-refractivity contribution < 1.29 is 13.2 Å². The van der Waals surface area contributed by atoms with Crippen molar-refractivity contribution in [2.24, 2.45) is 0 Å². The van der Waals surface area contributed by atoms with E-state index in [0.29, 0.717) is 0 Å². The predicted molar refractivity (Wildman–Crippen MR) is 49.8 cm³/mol. The van der Waals surface area contributed by atoms with E-state index in [0.717, 1.165) is 6.07 Å². The SMILES string of the molecule is N#CCCc1cc(N)ccc1C(F)(F)F. The fourth-order valence-corrected chi connectivity index (χ4v) is 1.29. The van der Waals surface area contributed by atoms with Crippen LogP contribution in [0.25, 0.3) is 0 Å². The van der Waals surface area contributed by atoms with Crippen molar-refractivity contribution in [3.05, 3.63) is 29.3 Å². The van der Waals surface area contributed by atoms with E-state index >= 15 is 0 Å².